The first-order chi connectivity index (χ1) is 9.37. The van der Waals surface area contributed by atoms with Gasteiger partial charge in [-0.25, -0.2) is 0 Å². The molecule has 3 atom stereocenters. The third-order valence-corrected chi connectivity index (χ3v) is 4.67. The van der Waals surface area contributed by atoms with Crippen molar-refractivity contribution in [3.8, 4) is 0 Å². The highest BCUT2D eigenvalue weighted by Crippen LogP contribution is 2.39. The molecule has 1 saturated carbocycles. The Morgan fingerprint density at radius 1 is 1.30 bits per heavy atom. The zero-order valence-corrected chi connectivity index (χ0v) is 13.4. The van der Waals surface area contributed by atoms with Crippen LogP contribution in [0.2, 0.25) is 0 Å². The highest BCUT2D eigenvalue weighted by atomic mass is 16.5. The predicted octanol–water partition coefficient (Wildman–Crippen LogP) is 2.04. The molecule has 3 unspecified atom stereocenters. The number of carbonyl (C=O) groups excluding carboxylic acids is 1. The fourth-order valence-corrected chi connectivity index (χ4v) is 3.83. The van der Waals surface area contributed by atoms with Crippen LogP contribution >= 0.6 is 0 Å². The molecular weight excluding hydrogens is 252 g/mol. The number of hydrogen-bond donors (Lipinski definition) is 1. The molecule has 0 aromatic rings. The van der Waals surface area contributed by atoms with Crippen LogP contribution in [0.4, 0.5) is 0 Å². The van der Waals surface area contributed by atoms with Gasteiger partial charge in [0.05, 0.1) is 0 Å². The van der Waals surface area contributed by atoms with Crippen molar-refractivity contribution in [2.24, 2.45) is 11.3 Å². The molecule has 1 aliphatic carbocycles. The number of carbonyl (C=O) groups is 1. The summed E-state index contributed by atoms with van der Waals surface area (Å²) in [4.78, 5) is 14.6. The van der Waals surface area contributed by atoms with E-state index in [0.717, 1.165) is 39.0 Å². The zero-order valence-electron chi connectivity index (χ0n) is 13.4. The smallest absolute Gasteiger partial charge is 0.323 e. The minimum atomic E-state index is -0.113. The van der Waals surface area contributed by atoms with Gasteiger partial charge in [0, 0.05) is 26.2 Å². The molecule has 0 spiro atoms. The summed E-state index contributed by atoms with van der Waals surface area (Å²) in [5, 5.41) is 3.31. The maximum atomic E-state index is 12.3. The van der Waals surface area contributed by atoms with Crippen LogP contribution in [0.3, 0.4) is 0 Å². The number of nitrogens with one attached hydrogen (secondary N) is 1. The number of esters is 1. The van der Waals surface area contributed by atoms with Crippen molar-refractivity contribution in [1.82, 2.24) is 10.2 Å². The van der Waals surface area contributed by atoms with Crippen LogP contribution in [0.15, 0.2) is 0 Å². The quantitative estimate of drug-likeness (QED) is 0.804. The molecule has 1 N–H and O–H groups in total. The number of ether oxygens (including phenoxy) is 1. The fraction of sp³-hybridized carbons (Fsp3) is 0.938. The van der Waals surface area contributed by atoms with E-state index in [4.69, 9.17) is 4.74 Å². The van der Waals surface area contributed by atoms with Crippen molar-refractivity contribution < 1.29 is 9.53 Å². The van der Waals surface area contributed by atoms with Crippen LogP contribution in [0.1, 0.15) is 47.0 Å². The Bertz CT molecular complexity index is 337. The molecule has 0 aromatic carbocycles. The van der Waals surface area contributed by atoms with Gasteiger partial charge in [-0.3, -0.25) is 9.69 Å². The second-order valence-corrected chi connectivity index (χ2v) is 7.43. The van der Waals surface area contributed by atoms with Gasteiger partial charge in [-0.05, 0) is 37.5 Å². The van der Waals surface area contributed by atoms with E-state index in [1.54, 1.807) is 0 Å². The van der Waals surface area contributed by atoms with Gasteiger partial charge in [0.1, 0.15) is 12.1 Å². The number of hydrogen-bond acceptors (Lipinski definition) is 4. The van der Waals surface area contributed by atoms with Gasteiger partial charge in [-0.2, -0.15) is 0 Å². The van der Waals surface area contributed by atoms with E-state index in [0.29, 0.717) is 11.3 Å². The second-order valence-electron chi connectivity index (χ2n) is 7.43. The minimum Gasteiger partial charge on any atom is -0.461 e. The number of rotatable bonds is 3. The molecule has 1 aliphatic heterocycles. The molecule has 1 saturated heterocycles. The lowest BCUT2D eigenvalue weighted by Crippen LogP contribution is -2.51. The van der Waals surface area contributed by atoms with E-state index >= 15 is 0 Å². The maximum absolute atomic E-state index is 12.3. The van der Waals surface area contributed by atoms with Gasteiger partial charge < -0.3 is 10.1 Å². The van der Waals surface area contributed by atoms with Crippen molar-refractivity contribution in [1.29, 1.82) is 0 Å². The molecule has 2 aliphatic rings. The summed E-state index contributed by atoms with van der Waals surface area (Å²) in [5.41, 5.74) is 0.293. The van der Waals surface area contributed by atoms with Crippen molar-refractivity contribution >= 4 is 5.97 Å². The summed E-state index contributed by atoms with van der Waals surface area (Å²) in [6, 6.07) is -0.113. The van der Waals surface area contributed by atoms with Gasteiger partial charge in [0.2, 0.25) is 0 Å². The molecule has 2 fully saturated rings. The van der Waals surface area contributed by atoms with Crippen LogP contribution in [0.25, 0.3) is 0 Å². The Balaban J connectivity index is 1.86. The van der Waals surface area contributed by atoms with E-state index in [1.165, 1.54) is 6.42 Å². The van der Waals surface area contributed by atoms with Crippen LogP contribution in [-0.2, 0) is 9.53 Å². The monoisotopic (exact) mass is 282 g/mol. The minimum absolute atomic E-state index is 0.0400. The van der Waals surface area contributed by atoms with Crippen LogP contribution in [-0.4, -0.2) is 49.2 Å². The Kier molecular flexibility index (Phi) is 5.08. The average molecular weight is 282 g/mol. The third kappa shape index (κ3) is 4.19. The van der Waals surface area contributed by atoms with Crippen molar-refractivity contribution in [2.75, 3.05) is 26.2 Å². The largest absolute Gasteiger partial charge is 0.461 e. The maximum Gasteiger partial charge on any atom is 0.323 e. The summed E-state index contributed by atoms with van der Waals surface area (Å²) >= 11 is 0. The van der Waals surface area contributed by atoms with E-state index in [-0.39, 0.29) is 18.1 Å². The normalized spacial score (nSPS) is 32.6. The van der Waals surface area contributed by atoms with Gasteiger partial charge in [0.15, 0.2) is 0 Å². The molecule has 0 aromatic heterocycles. The summed E-state index contributed by atoms with van der Waals surface area (Å²) in [6.45, 7) is 12.6. The summed E-state index contributed by atoms with van der Waals surface area (Å²) in [7, 11) is 0. The highest BCUT2D eigenvalue weighted by molar-refractivity contribution is 5.75. The molecule has 4 heteroatoms. The first kappa shape index (κ1) is 15.8. The zero-order chi connectivity index (χ0) is 14.8. The Hall–Kier alpha value is -0.610. The highest BCUT2D eigenvalue weighted by Gasteiger charge is 2.35. The summed E-state index contributed by atoms with van der Waals surface area (Å²) in [6.07, 6.45) is 3.35. The lowest BCUT2D eigenvalue weighted by molar-refractivity contribution is -0.159. The Labute approximate surface area is 123 Å². The molecule has 4 nitrogen and oxygen atoms in total. The lowest BCUT2D eigenvalue weighted by Gasteiger charge is -2.39. The molecule has 20 heavy (non-hydrogen) atoms. The van der Waals surface area contributed by atoms with Crippen molar-refractivity contribution in [3.05, 3.63) is 0 Å². The van der Waals surface area contributed by atoms with Gasteiger partial charge in [0.25, 0.3) is 0 Å². The second kappa shape index (κ2) is 6.44. The summed E-state index contributed by atoms with van der Waals surface area (Å²) < 4.78 is 5.81. The topological polar surface area (TPSA) is 41.6 Å². The molecule has 1 heterocycles. The molecular formula is C16H30N2O2. The van der Waals surface area contributed by atoms with Crippen molar-refractivity contribution in [2.45, 2.75) is 59.1 Å². The molecule has 0 amide bonds. The average Bonchev–Trinajstić information content (AvgIpc) is 2.36. The predicted molar refractivity (Wildman–Crippen MR) is 80.6 cm³/mol. The van der Waals surface area contributed by atoms with Gasteiger partial charge >= 0.3 is 5.97 Å². The van der Waals surface area contributed by atoms with Crippen LogP contribution < -0.4 is 5.32 Å². The van der Waals surface area contributed by atoms with E-state index < -0.39 is 0 Å². The fourth-order valence-electron chi connectivity index (χ4n) is 3.83. The van der Waals surface area contributed by atoms with E-state index in [2.05, 4.69) is 31.0 Å². The van der Waals surface area contributed by atoms with Crippen LogP contribution in [0.5, 0.6) is 0 Å². The third-order valence-electron chi connectivity index (χ3n) is 4.67. The first-order valence-electron chi connectivity index (χ1n) is 8.03. The van der Waals surface area contributed by atoms with E-state index in [9.17, 15) is 4.79 Å². The molecule has 116 valence electrons. The SMILES string of the molecule is CC1CC(OC(=O)C(C)N2CCNCC2)CC(C)(C)C1. The summed E-state index contributed by atoms with van der Waals surface area (Å²) in [5.74, 6) is 0.604. The lowest BCUT2D eigenvalue weighted by atomic mass is 9.71. The number of nitrogens with zero attached hydrogens (tertiary/aromatic N) is 1. The Morgan fingerprint density at radius 2 is 1.95 bits per heavy atom. The molecule has 0 bridgehead atoms. The van der Waals surface area contributed by atoms with E-state index in [1.807, 2.05) is 6.92 Å². The van der Waals surface area contributed by atoms with Crippen molar-refractivity contribution in [3.63, 3.8) is 0 Å². The van der Waals surface area contributed by atoms with Crippen LogP contribution in [0, 0.1) is 11.3 Å². The molecule has 0 radical (unpaired) electrons. The Morgan fingerprint density at radius 3 is 2.55 bits per heavy atom. The standard InChI is InChI=1S/C16H30N2O2/c1-12-9-14(11-16(3,4)10-12)20-15(19)13(2)18-7-5-17-6-8-18/h12-14,17H,5-11H2,1-4H3. The first-order valence-corrected chi connectivity index (χ1v) is 8.03. The van der Waals surface area contributed by atoms with Gasteiger partial charge in [-0.1, -0.05) is 20.8 Å². The van der Waals surface area contributed by atoms with Gasteiger partial charge in [-0.15, -0.1) is 0 Å². The molecule has 2 rings (SSSR count). The number of piperazine rings is 1.